The van der Waals surface area contributed by atoms with Gasteiger partial charge in [0.2, 0.25) is 10.0 Å². The van der Waals surface area contributed by atoms with Crippen molar-refractivity contribution in [1.29, 1.82) is 0 Å². The van der Waals surface area contributed by atoms with Crippen molar-refractivity contribution in [2.75, 3.05) is 33.3 Å². The van der Waals surface area contributed by atoms with Crippen LogP contribution >= 0.6 is 0 Å². The molecular weight excluding hydrogens is 276 g/mol. The molecule has 110 valence electrons. The van der Waals surface area contributed by atoms with E-state index in [2.05, 4.69) is 9.62 Å². The van der Waals surface area contributed by atoms with Gasteiger partial charge in [-0.25, -0.2) is 13.1 Å². The van der Waals surface area contributed by atoms with E-state index in [1.165, 1.54) is 5.41 Å². The lowest BCUT2D eigenvalue weighted by molar-refractivity contribution is -0.0156. The van der Waals surface area contributed by atoms with Crippen molar-refractivity contribution < 1.29 is 13.2 Å². The van der Waals surface area contributed by atoms with Gasteiger partial charge >= 0.3 is 0 Å². The van der Waals surface area contributed by atoms with E-state index < -0.39 is 10.0 Å². The summed E-state index contributed by atoms with van der Waals surface area (Å²) < 4.78 is 31.8. The van der Waals surface area contributed by atoms with Crippen molar-refractivity contribution in [3.8, 4) is 0 Å². The van der Waals surface area contributed by atoms with Crippen LogP contribution in [-0.2, 0) is 14.8 Å². The van der Waals surface area contributed by atoms with Crippen LogP contribution in [0.15, 0.2) is 35.7 Å². The molecule has 0 amide bonds. The Balaban J connectivity index is 1.86. The topological polar surface area (TPSA) is 58.6 Å². The summed E-state index contributed by atoms with van der Waals surface area (Å²) in [6, 6.07) is 9.33. The number of likely N-dealkylation sites (N-methyl/N-ethyl adjacent to an activating group) is 1. The van der Waals surface area contributed by atoms with Gasteiger partial charge in [0.05, 0.1) is 12.7 Å². The van der Waals surface area contributed by atoms with Crippen molar-refractivity contribution in [1.82, 2.24) is 9.62 Å². The third-order valence-electron chi connectivity index (χ3n) is 3.09. The first-order valence-corrected chi connectivity index (χ1v) is 8.13. The molecule has 0 aliphatic carbocycles. The van der Waals surface area contributed by atoms with Gasteiger partial charge in [-0.2, -0.15) is 0 Å². The number of hydrogen-bond donors (Lipinski definition) is 1. The van der Waals surface area contributed by atoms with Gasteiger partial charge in [-0.15, -0.1) is 0 Å². The molecule has 0 saturated carbocycles. The number of benzene rings is 1. The quantitative estimate of drug-likeness (QED) is 0.877. The summed E-state index contributed by atoms with van der Waals surface area (Å²) in [5.74, 6) is 0. The van der Waals surface area contributed by atoms with Gasteiger partial charge in [0.1, 0.15) is 0 Å². The van der Waals surface area contributed by atoms with Crippen molar-refractivity contribution in [3.63, 3.8) is 0 Å². The minimum Gasteiger partial charge on any atom is -0.374 e. The molecule has 1 atom stereocenters. The zero-order chi connectivity index (χ0) is 14.4. The summed E-state index contributed by atoms with van der Waals surface area (Å²) in [5, 5.41) is 1.19. The largest absolute Gasteiger partial charge is 0.374 e. The van der Waals surface area contributed by atoms with Gasteiger partial charge in [0, 0.05) is 25.0 Å². The molecule has 1 saturated heterocycles. The number of ether oxygens (including phenoxy) is 1. The lowest BCUT2D eigenvalue weighted by Gasteiger charge is -2.29. The van der Waals surface area contributed by atoms with Crippen LogP contribution in [0.3, 0.4) is 0 Å². The van der Waals surface area contributed by atoms with Crippen LogP contribution in [0.25, 0.3) is 6.08 Å². The fourth-order valence-electron chi connectivity index (χ4n) is 1.98. The Hall–Kier alpha value is -1.21. The standard InChI is InChI=1S/C14H20N2O3S/c1-16-8-9-19-14(12-16)11-15-20(17,18)10-7-13-5-3-2-4-6-13/h2-7,10,14-15H,8-9,11-12H2,1H3/b10-7+/t14-/m1/s1. The summed E-state index contributed by atoms with van der Waals surface area (Å²) in [4.78, 5) is 2.13. The van der Waals surface area contributed by atoms with Crippen LogP contribution in [0.2, 0.25) is 0 Å². The number of hydrogen-bond acceptors (Lipinski definition) is 4. The molecule has 1 fully saturated rings. The van der Waals surface area contributed by atoms with Gasteiger partial charge in [-0.3, -0.25) is 0 Å². The summed E-state index contributed by atoms with van der Waals surface area (Å²) in [6.07, 6.45) is 1.49. The number of nitrogens with zero attached hydrogens (tertiary/aromatic N) is 1. The fraction of sp³-hybridized carbons (Fsp3) is 0.429. The Morgan fingerprint density at radius 1 is 1.40 bits per heavy atom. The first-order valence-electron chi connectivity index (χ1n) is 6.58. The lowest BCUT2D eigenvalue weighted by atomic mass is 10.2. The molecule has 0 bridgehead atoms. The molecule has 2 rings (SSSR count). The molecule has 1 N–H and O–H groups in total. The van der Waals surface area contributed by atoms with E-state index in [0.29, 0.717) is 13.2 Å². The molecular formula is C14H20N2O3S. The number of morpholine rings is 1. The maximum Gasteiger partial charge on any atom is 0.233 e. The van der Waals surface area contributed by atoms with Gasteiger partial charge < -0.3 is 9.64 Å². The van der Waals surface area contributed by atoms with Crippen molar-refractivity contribution >= 4 is 16.1 Å². The van der Waals surface area contributed by atoms with E-state index >= 15 is 0 Å². The second-order valence-electron chi connectivity index (χ2n) is 4.86. The maximum absolute atomic E-state index is 11.9. The molecule has 0 unspecified atom stereocenters. The highest BCUT2D eigenvalue weighted by atomic mass is 32.2. The summed E-state index contributed by atoms with van der Waals surface area (Å²) >= 11 is 0. The SMILES string of the molecule is CN1CCO[C@H](CNS(=O)(=O)/C=C/c2ccccc2)C1. The molecule has 0 aromatic heterocycles. The minimum atomic E-state index is -3.43. The second-order valence-corrected chi connectivity index (χ2v) is 6.51. The van der Waals surface area contributed by atoms with Crippen molar-refractivity contribution in [2.24, 2.45) is 0 Å². The normalized spacial score (nSPS) is 21.4. The van der Waals surface area contributed by atoms with Crippen LogP contribution in [0.1, 0.15) is 5.56 Å². The van der Waals surface area contributed by atoms with Crippen LogP contribution in [0.4, 0.5) is 0 Å². The fourth-order valence-corrected chi connectivity index (χ4v) is 2.83. The van der Waals surface area contributed by atoms with E-state index in [4.69, 9.17) is 4.74 Å². The Morgan fingerprint density at radius 3 is 2.85 bits per heavy atom. The molecule has 6 heteroatoms. The molecule has 5 nitrogen and oxygen atoms in total. The molecule has 20 heavy (non-hydrogen) atoms. The molecule has 0 spiro atoms. The average Bonchev–Trinajstić information content (AvgIpc) is 2.45. The smallest absolute Gasteiger partial charge is 0.233 e. The van der Waals surface area contributed by atoms with Crippen LogP contribution < -0.4 is 4.72 Å². The second kappa shape index (κ2) is 6.99. The monoisotopic (exact) mass is 296 g/mol. The highest BCUT2D eigenvalue weighted by Crippen LogP contribution is 2.04. The Labute approximate surface area is 120 Å². The van der Waals surface area contributed by atoms with E-state index in [0.717, 1.165) is 18.7 Å². The van der Waals surface area contributed by atoms with Gasteiger partial charge in [-0.1, -0.05) is 30.3 Å². The Bertz CT molecular complexity index is 543. The first-order chi connectivity index (χ1) is 9.55. The molecule has 0 radical (unpaired) electrons. The highest BCUT2D eigenvalue weighted by molar-refractivity contribution is 7.92. The summed E-state index contributed by atoms with van der Waals surface area (Å²) in [5.41, 5.74) is 0.853. The van der Waals surface area contributed by atoms with Gasteiger partial charge in [0.25, 0.3) is 0 Å². The zero-order valence-corrected chi connectivity index (χ0v) is 12.3. The van der Waals surface area contributed by atoms with E-state index in [1.54, 1.807) is 6.08 Å². The molecule has 1 heterocycles. The van der Waals surface area contributed by atoms with Gasteiger partial charge in [-0.05, 0) is 18.7 Å². The number of rotatable bonds is 5. The van der Waals surface area contributed by atoms with Crippen LogP contribution in [0.5, 0.6) is 0 Å². The maximum atomic E-state index is 11.9. The molecule has 1 aromatic rings. The third kappa shape index (κ3) is 5.05. The first kappa shape index (κ1) is 15.2. The summed E-state index contributed by atoms with van der Waals surface area (Å²) in [6.45, 7) is 2.57. The van der Waals surface area contributed by atoms with Crippen molar-refractivity contribution in [3.05, 3.63) is 41.3 Å². The summed E-state index contributed by atoms with van der Waals surface area (Å²) in [7, 11) is -1.43. The van der Waals surface area contributed by atoms with Crippen LogP contribution in [-0.4, -0.2) is 52.7 Å². The zero-order valence-electron chi connectivity index (χ0n) is 11.5. The van der Waals surface area contributed by atoms with E-state index in [9.17, 15) is 8.42 Å². The minimum absolute atomic E-state index is 0.0892. The molecule has 1 aromatic carbocycles. The lowest BCUT2D eigenvalue weighted by Crippen LogP contribution is -2.45. The van der Waals surface area contributed by atoms with E-state index in [1.807, 2.05) is 37.4 Å². The highest BCUT2D eigenvalue weighted by Gasteiger charge is 2.19. The predicted molar refractivity (Wildman–Crippen MR) is 79.6 cm³/mol. The van der Waals surface area contributed by atoms with E-state index in [-0.39, 0.29) is 6.10 Å². The van der Waals surface area contributed by atoms with Crippen molar-refractivity contribution in [2.45, 2.75) is 6.10 Å². The number of nitrogens with one attached hydrogen (secondary N) is 1. The van der Waals surface area contributed by atoms with Crippen LogP contribution in [0, 0.1) is 0 Å². The Morgan fingerprint density at radius 2 is 2.15 bits per heavy atom. The molecule has 1 aliphatic rings. The predicted octanol–water partition coefficient (Wildman–Crippen LogP) is 0.907. The third-order valence-corrected chi connectivity index (χ3v) is 4.16. The molecule has 1 aliphatic heterocycles. The number of sulfonamides is 1. The Kier molecular flexibility index (Phi) is 5.31. The average molecular weight is 296 g/mol. The van der Waals surface area contributed by atoms with Gasteiger partial charge in [0.15, 0.2) is 0 Å².